The first-order chi connectivity index (χ1) is 10.5. The summed E-state index contributed by atoms with van der Waals surface area (Å²) in [6.07, 6.45) is 0. The maximum atomic E-state index is 11.8. The second-order valence-electron chi connectivity index (χ2n) is 4.26. The summed E-state index contributed by atoms with van der Waals surface area (Å²) in [5.41, 5.74) is 5.01. The second-order valence-corrected chi connectivity index (χ2v) is 5.61. The van der Waals surface area contributed by atoms with E-state index in [1.54, 1.807) is 48.5 Å². The summed E-state index contributed by atoms with van der Waals surface area (Å²) in [6.45, 7) is -0.235. The van der Waals surface area contributed by atoms with Gasteiger partial charge in [0.1, 0.15) is 5.75 Å². The van der Waals surface area contributed by atoms with Gasteiger partial charge in [0.05, 0.1) is 0 Å². The molecular weight excluding hydrogens is 372 g/mol. The van der Waals surface area contributed by atoms with Gasteiger partial charge in [0.15, 0.2) is 6.61 Å². The standard InChI is InChI=1S/C15H12BrClN2O3/c16-11-6-4-10(5-7-11)15(21)19-18-14(20)9-22-13-3-1-2-12(17)8-13/h1-8H,9H2,(H,18,20)(H,19,21). The Hall–Kier alpha value is -2.05. The Labute approximate surface area is 140 Å². The lowest BCUT2D eigenvalue weighted by atomic mass is 10.2. The van der Waals surface area contributed by atoms with Gasteiger partial charge in [0.2, 0.25) is 0 Å². The molecule has 0 saturated heterocycles. The van der Waals surface area contributed by atoms with Crippen molar-refractivity contribution < 1.29 is 14.3 Å². The fourth-order valence-electron chi connectivity index (χ4n) is 1.54. The molecule has 0 aliphatic carbocycles. The molecule has 0 aliphatic heterocycles. The third-order valence-corrected chi connectivity index (χ3v) is 3.35. The van der Waals surface area contributed by atoms with Crippen LogP contribution in [0.15, 0.2) is 53.0 Å². The number of hydrazine groups is 1. The van der Waals surface area contributed by atoms with Gasteiger partial charge in [-0.2, -0.15) is 0 Å². The first-order valence-electron chi connectivity index (χ1n) is 6.28. The average Bonchev–Trinajstić information content (AvgIpc) is 2.51. The smallest absolute Gasteiger partial charge is 0.276 e. The lowest BCUT2D eigenvalue weighted by Gasteiger charge is -2.09. The number of carbonyl (C=O) groups excluding carboxylic acids is 2. The molecule has 0 saturated carbocycles. The minimum Gasteiger partial charge on any atom is -0.484 e. The summed E-state index contributed by atoms with van der Waals surface area (Å²) in [6, 6.07) is 13.4. The van der Waals surface area contributed by atoms with Gasteiger partial charge >= 0.3 is 0 Å². The van der Waals surface area contributed by atoms with Crippen molar-refractivity contribution in [2.24, 2.45) is 0 Å². The number of benzene rings is 2. The molecule has 2 aromatic rings. The Kier molecular flexibility index (Phi) is 5.80. The first-order valence-corrected chi connectivity index (χ1v) is 7.45. The van der Waals surface area contributed by atoms with Crippen LogP contribution in [0.1, 0.15) is 10.4 Å². The van der Waals surface area contributed by atoms with E-state index in [9.17, 15) is 9.59 Å². The number of nitrogens with one attached hydrogen (secondary N) is 2. The molecule has 2 rings (SSSR count). The van der Waals surface area contributed by atoms with Gasteiger partial charge in [-0.25, -0.2) is 0 Å². The molecule has 5 nitrogen and oxygen atoms in total. The maximum absolute atomic E-state index is 11.8. The number of carbonyl (C=O) groups is 2. The molecule has 2 N–H and O–H groups in total. The van der Waals surface area contributed by atoms with Crippen molar-refractivity contribution >= 4 is 39.3 Å². The molecule has 0 aromatic heterocycles. The topological polar surface area (TPSA) is 67.4 Å². The van der Waals surface area contributed by atoms with Crippen LogP contribution in [0.3, 0.4) is 0 Å². The number of hydrogen-bond donors (Lipinski definition) is 2. The molecule has 0 heterocycles. The molecule has 0 aliphatic rings. The summed E-state index contributed by atoms with van der Waals surface area (Å²) < 4.78 is 6.11. The van der Waals surface area contributed by atoms with Gasteiger partial charge in [0, 0.05) is 15.1 Å². The number of rotatable bonds is 4. The predicted octanol–water partition coefficient (Wildman–Crippen LogP) is 2.94. The van der Waals surface area contributed by atoms with E-state index in [0.29, 0.717) is 16.3 Å². The molecule has 0 spiro atoms. The van der Waals surface area contributed by atoms with Crippen molar-refractivity contribution in [1.29, 1.82) is 0 Å². The molecule has 7 heteroatoms. The van der Waals surface area contributed by atoms with Crippen molar-refractivity contribution in [2.45, 2.75) is 0 Å². The van der Waals surface area contributed by atoms with E-state index in [4.69, 9.17) is 16.3 Å². The summed E-state index contributed by atoms with van der Waals surface area (Å²) >= 11 is 9.08. The Morgan fingerprint density at radius 3 is 2.50 bits per heavy atom. The van der Waals surface area contributed by atoms with Crippen LogP contribution in [0.5, 0.6) is 5.75 Å². The SMILES string of the molecule is O=C(COc1cccc(Cl)c1)NNC(=O)c1ccc(Br)cc1. The van der Waals surface area contributed by atoms with E-state index in [0.717, 1.165) is 4.47 Å². The van der Waals surface area contributed by atoms with Crippen molar-refractivity contribution in [3.63, 3.8) is 0 Å². The average molecular weight is 384 g/mol. The molecule has 0 unspecified atom stereocenters. The Balaban J connectivity index is 1.78. The lowest BCUT2D eigenvalue weighted by Crippen LogP contribution is -2.43. The monoisotopic (exact) mass is 382 g/mol. The van der Waals surface area contributed by atoms with Gasteiger partial charge in [-0.3, -0.25) is 20.4 Å². The van der Waals surface area contributed by atoms with Crippen LogP contribution in [-0.2, 0) is 4.79 Å². The number of halogens is 2. The number of amides is 2. The van der Waals surface area contributed by atoms with Gasteiger partial charge in [-0.1, -0.05) is 33.6 Å². The second kappa shape index (κ2) is 7.82. The highest BCUT2D eigenvalue weighted by Gasteiger charge is 2.07. The zero-order chi connectivity index (χ0) is 15.9. The van der Waals surface area contributed by atoms with Gasteiger partial charge in [-0.15, -0.1) is 0 Å². The van der Waals surface area contributed by atoms with Crippen molar-refractivity contribution in [3.05, 3.63) is 63.6 Å². The first kappa shape index (κ1) is 16.3. The van der Waals surface area contributed by atoms with Crippen molar-refractivity contribution in [1.82, 2.24) is 10.9 Å². The fourth-order valence-corrected chi connectivity index (χ4v) is 1.99. The maximum Gasteiger partial charge on any atom is 0.276 e. The minimum absolute atomic E-state index is 0.235. The van der Waals surface area contributed by atoms with Crippen LogP contribution < -0.4 is 15.6 Å². The molecule has 0 atom stereocenters. The molecule has 2 amide bonds. The lowest BCUT2D eigenvalue weighted by molar-refractivity contribution is -0.123. The van der Waals surface area contributed by atoms with Crippen molar-refractivity contribution in [2.75, 3.05) is 6.61 Å². The highest BCUT2D eigenvalue weighted by Crippen LogP contribution is 2.16. The zero-order valence-corrected chi connectivity index (χ0v) is 13.6. The molecule has 2 aromatic carbocycles. The molecule has 0 fully saturated rings. The fraction of sp³-hybridized carbons (Fsp3) is 0.0667. The highest BCUT2D eigenvalue weighted by atomic mass is 79.9. The van der Waals surface area contributed by atoms with Gasteiger partial charge in [-0.05, 0) is 42.5 Å². The van der Waals surface area contributed by atoms with Crippen LogP contribution in [0.4, 0.5) is 0 Å². The van der Waals surface area contributed by atoms with Crippen LogP contribution >= 0.6 is 27.5 Å². The summed E-state index contributed by atoms with van der Waals surface area (Å²) in [5.74, 6) is -0.420. The quantitative estimate of drug-likeness (QED) is 0.798. The summed E-state index contributed by atoms with van der Waals surface area (Å²) in [4.78, 5) is 23.4. The number of hydrogen-bond acceptors (Lipinski definition) is 3. The van der Waals surface area contributed by atoms with Gasteiger partial charge in [0.25, 0.3) is 11.8 Å². The summed E-state index contributed by atoms with van der Waals surface area (Å²) in [7, 11) is 0. The molecule has 22 heavy (non-hydrogen) atoms. The van der Waals surface area contributed by atoms with Gasteiger partial charge < -0.3 is 4.74 Å². The van der Waals surface area contributed by atoms with Crippen LogP contribution in [0, 0.1) is 0 Å². The normalized spacial score (nSPS) is 9.91. The highest BCUT2D eigenvalue weighted by molar-refractivity contribution is 9.10. The van der Waals surface area contributed by atoms with Crippen molar-refractivity contribution in [3.8, 4) is 5.75 Å². The Morgan fingerprint density at radius 2 is 1.82 bits per heavy atom. The van der Waals surface area contributed by atoms with E-state index < -0.39 is 11.8 Å². The molecular formula is C15H12BrClN2O3. The molecule has 0 bridgehead atoms. The molecule has 0 radical (unpaired) electrons. The minimum atomic E-state index is -0.481. The van der Waals surface area contributed by atoms with E-state index in [2.05, 4.69) is 26.8 Å². The van der Waals surface area contributed by atoms with E-state index in [1.807, 2.05) is 0 Å². The summed E-state index contributed by atoms with van der Waals surface area (Å²) in [5, 5.41) is 0.515. The van der Waals surface area contributed by atoms with Crippen LogP contribution in [0.2, 0.25) is 5.02 Å². The largest absolute Gasteiger partial charge is 0.484 e. The molecule has 114 valence electrons. The van der Waals surface area contributed by atoms with Crippen LogP contribution in [-0.4, -0.2) is 18.4 Å². The van der Waals surface area contributed by atoms with Crippen LogP contribution in [0.25, 0.3) is 0 Å². The third kappa shape index (κ3) is 5.05. The predicted molar refractivity (Wildman–Crippen MR) is 86.7 cm³/mol. The number of ether oxygens (including phenoxy) is 1. The van der Waals surface area contributed by atoms with E-state index in [-0.39, 0.29) is 6.61 Å². The van der Waals surface area contributed by atoms with E-state index >= 15 is 0 Å². The Bertz CT molecular complexity index is 677. The Morgan fingerprint density at radius 1 is 1.09 bits per heavy atom. The third-order valence-electron chi connectivity index (χ3n) is 2.59. The zero-order valence-electron chi connectivity index (χ0n) is 11.3. The van der Waals surface area contributed by atoms with E-state index in [1.165, 1.54) is 0 Å².